The maximum Gasteiger partial charge on any atom is 0.258 e. The van der Waals surface area contributed by atoms with Crippen LogP contribution < -0.4 is 4.74 Å². The molecule has 0 saturated carbocycles. The van der Waals surface area contributed by atoms with E-state index in [4.69, 9.17) is 4.74 Å². The van der Waals surface area contributed by atoms with Crippen LogP contribution in [-0.4, -0.2) is 59.5 Å². The van der Waals surface area contributed by atoms with E-state index in [2.05, 4.69) is 21.8 Å². The second-order valence-corrected chi connectivity index (χ2v) is 6.72. The molecule has 0 saturated heterocycles. The highest BCUT2D eigenvalue weighted by molar-refractivity contribution is 5.96. The summed E-state index contributed by atoms with van der Waals surface area (Å²) in [6.07, 6.45) is 3.82. The molecule has 0 aliphatic carbocycles. The summed E-state index contributed by atoms with van der Waals surface area (Å²) in [5.41, 5.74) is 1.54. The van der Waals surface area contributed by atoms with Gasteiger partial charge in [0, 0.05) is 13.1 Å². The predicted molar refractivity (Wildman–Crippen MR) is 103 cm³/mol. The van der Waals surface area contributed by atoms with Crippen molar-refractivity contribution in [2.24, 2.45) is 0 Å². The number of aryl methyl sites for hydroxylation is 1. The Hall–Kier alpha value is -2.34. The summed E-state index contributed by atoms with van der Waals surface area (Å²) in [5, 5.41) is 0. The lowest BCUT2D eigenvalue weighted by atomic mass is 10.1. The Labute approximate surface area is 156 Å². The number of nitrogens with one attached hydrogen (secondary N) is 1. The van der Waals surface area contributed by atoms with Crippen LogP contribution in [-0.2, 0) is 6.54 Å². The van der Waals surface area contributed by atoms with Gasteiger partial charge in [0.2, 0.25) is 0 Å². The Kier molecular flexibility index (Phi) is 7.66. The summed E-state index contributed by atoms with van der Waals surface area (Å²) < 4.78 is 5.85. The van der Waals surface area contributed by atoms with Crippen molar-refractivity contribution in [1.82, 2.24) is 19.8 Å². The van der Waals surface area contributed by atoms with Crippen molar-refractivity contribution >= 4 is 5.91 Å². The van der Waals surface area contributed by atoms with E-state index in [1.807, 2.05) is 50.2 Å². The lowest BCUT2D eigenvalue weighted by Gasteiger charge is -2.25. The van der Waals surface area contributed by atoms with Crippen LogP contribution in [0, 0.1) is 6.92 Å². The summed E-state index contributed by atoms with van der Waals surface area (Å²) in [7, 11) is 4.01. The Balaban J connectivity index is 2.19. The molecule has 0 fully saturated rings. The van der Waals surface area contributed by atoms with Gasteiger partial charge >= 0.3 is 0 Å². The molecule has 6 heteroatoms. The largest absolute Gasteiger partial charge is 0.493 e. The van der Waals surface area contributed by atoms with Gasteiger partial charge in [0.05, 0.1) is 30.6 Å². The average Bonchev–Trinajstić information content (AvgIpc) is 3.03. The molecule has 1 N–H and O–H groups in total. The number of hydrogen-bond donors (Lipinski definition) is 1. The smallest absolute Gasteiger partial charge is 0.258 e. The van der Waals surface area contributed by atoms with Gasteiger partial charge in [0.15, 0.2) is 0 Å². The van der Waals surface area contributed by atoms with Crippen molar-refractivity contribution in [2.75, 3.05) is 33.8 Å². The second kappa shape index (κ2) is 9.97. The molecule has 0 spiro atoms. The molecule has 0 unspecified atom stereocenters. The summed E-state index contributed by atoms with van der Waals surface area (Å²) in [6, 6.07) is 7.49. The van der Waals surface area contributed by atoms with Gasteiger partial charge in [-0.3, -0.25) is 4.79 Å². The first kappa shape index (κ1) is 20.0. The number of H-pyrrole nitrogens is 1. The first-order chi connectivity index (χ1) is 12.5. The van der Waals surface area contributed by atoms with Crippen LogP contribution in [0.2, 0.25) is 0 Å². The minimum Gasteiger partial charge on any atom is -0.493 e. The van der Waals surface area contributed by atoms with Crippen LogP contribution in [0.25, 0.3) is 0 Å². The van der Waals surface area contributed by atoms with Crippen molar-refractivity contribution in [2.45, 2.75) is 33.2 Å². The van der Waals surface area contributed by atoms with Gasteiger partial charge in [-0.1, -0.05) is 25.5 Å². The number of hydrogen-bond acceptors (Lipinski definition) is 4. The number of ether oxygens (including phenoxy) is 1. The Morgan fingerprint density at radius 1 is 1.23 bits per heavy atom. The number of rotatable bonds is 10. The molecule has 26 heavy (non-hydrogen) atoms. The Bertz CT molecular complexity index is 697. The zero-order valence-corrected chi connectivity index (χ0v) is 16.3. The van der Waals surface area contributed by atoms with Gasteiger partial charge in [0.1, 0.15) is 11.6 Å². The number of benzene rings is 1. The van der Waals surface area contributed by atoms with E-state index in [-0.39, 0.29) is 5.91 Å². The number of carbonyl (C=O) groups is 1. The zero-order chi connectivity index (χ0) is 18.9. The van der Waals surface area contributed by atoms with Gasteiger partial charge in [0.25, 0.3) is 5.91 Å². The van der Waals surface area contributed by atoms with E-state index in [9.17, 15) is 4.79 Å². The van der Waals surface area contributed by atoms with E-state index >= 15 is 0 Å². The highest BCUT2D eigenvalue weighted by Crippen LogP contribution is 2.21. The third kappa shape index (κ3) is 5.88. The molecular weight excluding hydrogens is 328 g/mol. The molecule has 0 aliphatic rings. The normalized spacial score (nSPS) is 11.0. The molecule has 1 aromatic carbocycles. The number of unbranched alkanes of at least 4 members (excludes halogenated alkanes) is 1. The fraction of sp³-hybridized carbons (Fsp3) is 0.500. The van der Waals surface area contributed by atoms with Crippen LogP contribution in [0.4, 0.5) is 0 Å². The molecular formula is C20H30N4O2. The summed E-state index contributed by atoms with van der Waals surface area (Å²) in [6.45, 7) is 6.57. The SMILES string of the molecule is CCCCOc1ccccc1C(=O)N(CCN(C)C)Cc1cnc(C)[nH]1. The third-order valence-electron chi connectivity index (χ3n) is 4.09. The monoisotopic (exact) mass is 358 g/mol. The number of aromatic amines is 1. The van der Waals surface area contributed by atoms with Crippen molar-refractivity contribution in [3.05, 3.63) is 47.5 Å². The molecule has 1 amide bonds. The predicted octanol–water partition coefficient (Wildman–Crippen LogP) is 3.10. The van der Waals surface area contributed by atoms with Gasteiger partial charge in [-0.2, -0.15) is 0 Å². The van der Waals surface area contributed by atoms with E-state index < -0.39 is 0 Å². The topological polar surface area (TPSA) is 61.5 Å². The first-order valence-electron chi connectivity index (χ1n) is 9.17. The van der Waals surface area contributed by atoms with Crippen LogP contribution in [0.15, 0.2) is 30.5 Å². The molecule has 1 aromatic heterocycles. The molecule has 1 heterocycles. The number of likely N-dealkylation sites (N-methyl/N-ethyl adjacent to an activating group) is 1. The summed E-state index contributed by atoms with van der Waals surface area (Å²) in [4.78, 5) is 24.6. The van der Waals surface area contributed by atoms with E-state index in [0.717, 1.165) is 30.9 Å². The second-order valence-electron chi connectivity index (χ2n) is 6.72. The van der Waals surface area contributed by atoms with Gasteiger partial charge in [-0.15, -0.1) is 0 Å². The highest BCUT2D eigenvalue weighted by atomic mass is 16.5. The van der Waals surface area contributed by atoms with E-state index in [1.54, 1.807) is 6.20 Å². The van der Waals surface area contributed by atoms with Crippen LogP contribution in [0.3, 0.4) is 0 Å². The maximum absolute atomic E-state index is 13.2. The molecule has 6 nitrogen and oxygen atoms in total. The van der Waals surface area contributed by atoms with Gasteiger partial charge in [-0.25, -0.2) is 4.98 Å². The maximum atomic E-state index is 13.2. The first-order valence-corrected chi connectivity index (χ1v) is 9.17. The Morgan fingerprint density at radius 2 is 2.00 bits per heavy atom. The molecule has 142 valence electrons. The van der Waals surface area contributed by atoms with Crippen molar-refractivity contribution in [3.8, 4) is 5.75 Å². The van der Waals surface area contributed by atoms with Gasteiger partial charge in [-0.05, 0) is 39.6 Å². The van der Waals surface area contributed by atoms with Crippen molar-refractivity contribution in [3.63, 3.8) is 0 Å². The summed E-state index contributed by atoms with van der Waals surface area (Å²) in [5.74, 6) is 1.48. The standard InChI is InChI=1S/C20H30N4O2/c1-5-6-13-26-19-10-8-7-9-18(19)20(25)24(12-11-23(3)4)15-17-14-21-16(2)22-17/h7-10,14H,5-6,11-13,15H2,1-4H3,(H,21,22). The lowest BCUT2D eigenvalue weighted by molar-refractivity contribution is 0.0725. The number of para-hydroxylation sites is 1. The molecule has 2 aromatic rings. The molecule has 0 aliphatic heterocycles. The number of aromatic nitrogens is 2. The average molecular weight is 358 g/mol. The number of amides is 1. The van der Waals surface area contributed by atoms with Crippen LogP contribution in [0.5, 0.6) is 5.75 Å². The van der Waals surface area contributed by atoms with Crippen molar-refractivity contribution in [1.29, 1.82) is 0 Å². The number of nitrogens with zero attached hydrogens (tertiary/aromatic N) is 3. The fourth-order valence-electron chi connectivity index (χ4n) is 2.60. The Morgan fingerprint density at radius 3 is 2.65 bits per heavy atom. The molecule has 0 atom stereocenters. The lowest BCUT2D eigenvalue weighted by Crippen LogP contribution is -2.36. The van der Waals surface area contributed by atoms with E-state index in [1.165, 1.54) is 0 Å². The molecule has 0 radical (unpaired) electrons. The highest BCUT2D eigenvalue weighted by Gasteiger charge is 2.20. The zero-order valence-electron chi connectivity index (χ0n) is 16.3. The third-order valence-corrected chi connectivity index (χ3v) is 4.09. The van der Waals surface area contributed by atoms with E-state index in [0.29, 0.717) is 31.0 Å². The minimum absolute atomic E-state index is 0.0220. The van der Waals surface area contributed by atoms with Crippen LogP contribution in [0.1, 0.15) is 41.6 Å². The quantitative estimate of drug-likeness (QED) is 0.663. The summed E-state index contributed by atoms with van der Waals surface area (Å²) >= 11 is 0. The minimum atomic E-state index is -0.0220. The molecule has 2 rings (SSSR count). The number of imidazole rings is 1. The molecule has 0 bridgehead atoms. The fourth-order valence-corrected chi connectivity index (χ4v) is 2.60. The van der Waals surface area contributed by atoms with Gasteiger partial charge < -0.3 is 19.5 Å². The number of carbonyl (C=O) groups excluding carboxylic acids is 1. The van der Waals surface area contributed by atoms with Crippen LogP contribution >= 0.6 is 0 Å². The van der Waals surface area contributed by atoms with Crippen molar-refractivity contribution < 1.29 is 9.53 Å².